The van der Waals surface area contributed by atoms with Crippen LogP contribution in [0.5, 0.6) is 0 Å². The van der Waals surface area contributed by atoms with Crippen molar-refractivity contribution in [2.75, 3.05) is 32.8 Å². The van der Waals surface area contributed by atoms with Gasteiger partial charge in [0.1, 0.15) is 11.8 Å². The minimum Gasteiger partial charge on any atom is -0.376 e. The first-order chi connectivity index (χ1) is 17.5. The third-order valence-electron chi connectivity index (χ3n) is 7.43. The van der Waals surface area contributed by atoms with Gasteiger partial charge in [-0.25, -0.2) is 0 Å². The van der Waals surface area contributed by atoms with Crippen molar-refractivity contribution in [2.45, 2.75) is 50.5 Å². The predicted molar refractivity (Wildman–Crippen MR) is 133 cm³/mol. The summed E-state index contributed by atoms with van der Waals surface area (Å²) in [6, 6.07) is 15.8. The first kappa shape index (κ1) is 24.5. The third kappa shape index (κ3) is 4.88. The molecule has 3 heterocycles. The molecule has 8 heteroatoms. The molecule has 2 atom stereocenters. The third-order valence-corrected chi connectivity index (χ3v) is 7.43. The van der Waals surface area contributed by atoms with Crippen LogP contribution in [0.3, 0.4) is 0 Å². The highest BCUT2D eigenvalue weighted by atomic mass is 16.5. The van der Waals surface area contributed by atoms with Crippen LogP contribution in [0.15, 0.2) is 54.6 Å². The number of carbonyl (C=O) groups excluding carboxylic acids is 3. The molecule has 0 radical (unpaired) electrons. The first-order valence-electron chi connectivity index (χ1n) is 12.7. The fourth-order valence-electron chi connectivity index (χ4n) is 5.44. The number of piperidine rings is 1. The lowest BCUT2D eigenvalue weighted by Crippen LogP contribution is -2.60. The molecule has 3 amide bonds. The molecule has 3 saturated heterocycles. The molecule has 0 aromatic heterocycles. The van der Waals surface area contributed by atoms with E-state index in [-0.39, 0.29) is 30.4 Å². The van der Waals surface area contributed by atoms with Gasteiger partial charge in [-0.2, -0.15) is 0 Å². The topological polar surface area (TPSA) is 88.2 Å². The lowest BCUT2D eigenvalue weighted by Gasteiger charge is -2.44. The molecule has 3 aliphatic heterocycles. The van der Waals surface area contributed by atoms with E-state index >= 15 is 0 Å². The number of ether oxygens (including phenoxy) is 2. The van der Waals surface area contributed by atoms with Crippen LogP contribution in [-0.2, 0) is 14.3 Å². The number of likely N-dealkylation sites (tertiary alicyclic amines) is 1. The molecule has 8 nitrogen and oxygen atoms in total. The van der Waals surface area contributed by atoms with Crippen LogP contribution in [0.1, 0.15) is 52.0 Å². The largest absolute Gasteiger partial charge is 0.376 e. The van der Waals surface area contributed by atoms with Gasteiger partial charge in [-0.3, -0.25) is 19.3 Å². The smallest absolute Gasteiger partial charge is 0.256 e. The molecule has 0 saturated carbocycles. The average molecular weight is 492 g/mol. The monoisotopic (exact) mass is 491 g/mol. The zero-order chi connectivity index (χ0) is 25.1. The van der Waals surface area contributed by atoms with Crippen LogP contribution in [0.25, 0.3) is 0 Å². The van der Waals surface area contributed by atoms with Crippen molar-refractivity contribution in [3.05, 3.63) is 71.3 Å². The second-order valence-corrected chi connectivity index (χ2v) is 9.86. The number of aryl methyl sites for hydroxylation is 1. The van der Waals surface area contributed by atoms with Crippen LogP contribution < -0.4 is 5.32 Å². The van der Waals surface area contributed by atoms with E-state index in [4.69, 9.17) is 9.47 Å². The molecule has 2 unspecified atom stereocenters. The number of hydrogen-bond acceptors (Lipinski definition) is 5. The van der Waals surface area contributed by atoms with Crippen molar-refractivity contribution >= 4 is 17.7 Å². The van der Waals surface area contributed by atoms with Crippen molar-refractivity contribution in [1.29, 1.82) is 0 Å². The summed E-state index contributed by atoms with van der Waals surface area (Å²) in [5, 5.41) is 2.98. The van der Waals surface area contributed by atoms with Crippen molar-refractivity contribution in [1.82, 2.24) is 15.1 Å². The van der Waals surface area contributed by atoms with Crippen LogP contribution in [0.4, 0.5) is 0 Å². The van der Waals surface area contributed by atoms with E-state index in [1.54, 1.807) is 21.9 Å². The van der Waals surface area contributed by atoms with Gasteiger partial charge in [-0.05, 0) is 44.0 Å². The number of rotatable bonds is 5. The van der Waals surface area contributed by atoms with Crippen LogP contribution in [0.2, 0.25) is 0 Å². The lowest BCUT2D eigenvalue weighted by atomic mass is 9.96. The number of nitrogens with zero attached hydrogens (tertiary/aromatic N) is 2. The van der Waals surface area contributed by atoms with Crippen molar-refractivity contribution in [3.8, 4) is 0 Å². The Balaban J connectivity index is 1.33. The summed E-state index contributed by atoms with van der Waals surface area (Å²) in [6.07, 6.45) is 2.81. The van der Waals surface area contributed by atoms with Gasteiger partial charge >= 0.3 is 0 Å². The Morgan fingerprint density at radius 2 is 1.75 bits per heavy atom. The van der Waals surface area contributed by atoms with Crippen LogP contribution >= 0.6 is 0 Å². The number of carbonyl (C=O) groups is 3. The minimum absolute atomic E-state index is 0.0133. The van der Waals surface area contributed by atoms with Gasteiger partial charge in [-0.1, -0.05) is 35.9 Å². The molecule has 36 heavy (non-hydrogen) atoms. The van der Waals surface area contributed by atoms with E-state index in [0.717, 1.165) is 18.4 Å². The molecule has 0 bridgehead atoms. The minimum atomic E-state index is -0.928. The summed E-state index contributed by atoms with van der Waals surface area (Å²) in [5.74, 6) is -0.493. The summed E-state index contributed by atoms with van der Waals surface area (Å²) < 4.78 is 11.9. The summed E-state index contributed by atoms with van der Waals surface area (Å²) in [5.41, 5.74) is 1.27. The fraction of sp³-hybridized carbons (Fsp3) is 0.464. The van der Waals surface area contributed by atoms with Crippen molar-refractivity contribution < 1.29 is 23.9 Å². The van der Waals surface area contributed by atoms with Crippen LogP contribution in [0, 0.1) is 6.92 Å². The molecule has 3 aliphatic rings. The van der Waals surface area contributed by atoms with E-state index in [1.165, 1.54) is 0 Å². The van der Waals surface area contributed by atoms with Gasteiger partial charge in [0.2, 0.25) is 5.91 Å². The Labute approximate surface area is 211 Å². The summed E-state index contributed by atoms with van der Waals surface area (Å²) in [4.78, 5) is 43.5. The molecule has 5 rings (SSSR count). The maximum atomic E-state index is 13.7. The molecule has 0 aliphatic carbocycles. The number of amides is 3. The molecule has 190 valence electrons. The van der Waals surface area contributed by atoms with Crippen molar-refractivity contribution in [3.63, 3.8) is 0 Å². The SMILES string of the molecule is Cc1cccc(C(=O)N2CCC3(CC2)OCC(C(=O)NCC2CCCO2)N3C(=O)c2ccccc2)c1. The molecular weight excluding hydrogens is 458 g/mol. The quantitative estimate of drug-likeness (QED) is 0.695. The number of hydrogen-bond donors (Lipinski definition) is 1. The van der Waals surface area contributed by atoms with Crippen LogP contribution in [-0.4, -0.2) is 78.2 Å². The molecule has 2 aromatic rings. The van der Waals surface area contributed by atoms with E-state index < -0.39 is 11.8 Å². The van der Waals surface area contributed by atoms with E-state index in [1.807, 2.05) is 49.4 Å². The van der Waals surface area contributed by atoms with Gasteiger partial charge in [-0.15, -0.1) is 0 Å². The molecule has 1 spiro atoms. The molecule has 2 aromatic carbocycles. The highest BCUT2D eigenvalue weighted by Crippen LogP contribution is 2.39. The van der Waals surface area contributed by atoms with E-state index in [2.05, 4.69) is 5.32 Å². The van der Waals surface area contributed by atoms with Gasteiger partial charge in [0.05, 0.1) is 12.7 Å². The maximum Gasteiger partial charge on any atom is 0.256 e. The van der Waals surface area contributed by atoms with E-state index in [9.17, 15) is 14.4 Å². The molecule has 1 N–H and O–H groups in total. The second-order valence-electron chi connectivity index (χ2n) is 9.86. The maximum absolute atomic E-state index is 13.7. The molecular formula is C28H33N3O5. The highest BCUT2D eigenvalue weighted by Gasteiger charge is 2.54. The highest BCUT2D eigenvalue weighted by molar-refractivity contribution is 5.98. The predicted octanol–water partition coefficient (Wildman–Crippen LogP) is 2.76. The lowest BCUT2D eigenvalue weighted by molar-refractivity contribution is -0.128. The molecule has 3 fully saturated rings. The normalized spacial score (nSPS) is 23.1. The summed E-state index contributed by atoms with van der Waals surface area (Å²) in [6.45, 7) is 4.11. The Morgan fingerprint density at radius 1 is 1.00 bits per heavy atom. The van der Waals surface area contributed by atoms with E-state index in [0.29, 0.717) is 50.2 Å². The zero-order valence-electron chi connectivity index (χ0n) is 20.7. The fourth-order valence-corrected chi connectivity index (χ4v) is 5.44. The second kappa shape index (κ2) is 10.4. The van der Waals surface area contributed by atoms with Gasteiger partial charge in [0.15, 0.2) is 0 Å². The Morgan fingerprint density at radius 3 is 2.44 bits per heavy atom. The Kier molecular flexibility index (Phi) is 7.07. The van der Waals surface area contributed by atoms with Gasteiger partial charge in [0, 0.05) is 50.2 Å². The Hall–Kier alpha value is -3.23. The summed E-state index contributed by atoms with van der Waals surface area (Å²) >= 11 is 0. The standard InChI is InChI=1S/C28H33N3O5/c1-20-7-5-10-22(17-20)26(33)30-14-12-28(13-15-30)31(27(34)21-8-3-2-4-9-21)24(19-36-28)25(32)29-18-23-11-6-16-35-23/h2-5,7-10,17,23-24H,6,11-16,18-19H2,1H3,(H,29,32). The Bertz CT molecular complexity index is 1110. The average Bonchev–Trinajstić information content (AvgIpc) is 3.56. The number of benzene rings is 2. The zero-order valence-corrected chi connectivity index (χ0v) is 20.7. The van der Waals surface area contributed by atoms with Crippen molar-refractivity contribution in [2.24, 2.45) is 0 Å². The van der Waals surface area contributed by atoms with Gasteiger partial charge in [0.25, 0.3) is 11.8 Å². The number of nitrogens with one attached hydrogen (secondary N) is 1. The van der Waals surface area contributed by atoms with Gasteiger partial charge < -0.3 is 19.7 Å². The summed E-state index contributed by atoms with van der Waals surface area (Å²) in [7, 11) is 0. The first-order valence-corrected chi connectivity index (χ1v) is 12.7.